The topological polar surface area (TPSA) is 110 Å². The van der Waals surface area contributed by atoms with E-state index in [-0.39, 0.29) is 24.4 Å². The van der Waals surface area contributed by atoms with E-state index in [4.69, 9.17) is 5.11 Å². The van der Waals surface area contributed by atoms with E-state index < -0.39 is 10.9 Å². The molecule has 108 valence electrons. The van der Waals surface area contributed by atoms with Gasteiger partial charge in [0, 0.05) is 23.5 Å². The molecule has 0 aliphatic rings. The van der Waals surface area contributed by atoms with Gasteiger partial charge in [-0.15, -0.1) is 0 Å². The molecule has 0 saturated heterocycles. The Kier molecular flexibility index (Phi) is 5.64. The van der Waals surface area contributed by atoms with Crippen LogP contribution in [0.2, 0.25) is 0 Å². The smallest absolute Gasteiger partial charge is 0.335 e. The van der Waals surface area contributed by atoms with Gasteiger partial charge in [-0.2, -0.15) is 0 Å². The van der Waals surface area contributed by atoms with Crippen molar-refractivity contribution in [2.45, 2.75) is 26.2 Å². The fourth-order valence-corrected chi connectivity index (χ4v) is 1.70. The molecule has 0 atom stereocenters. The molecule has 0 radical (unpaired) electrons. The lowest BCUT2D eigenvalue weighted by molar-refractivity contribution is -0.479. The Hall–Kier alpha value is -2.44. The molecule has 0 fully saturated rings. The van der Waals surface area contributed by atoms with E-state index in [2.05, 4.69) is 5.32 Å². The first kappa shape index (κ1) is 15.6. The normalized spacial score (nSPS) is 10.1. The number of hydrogen-bond donors (Lipinski definition) is 2. The lowest BCUT2D eigenvalue weighted by Gasteiger charge is -2.10. The van der Waals surface area contributed by atoms with E-state index >= 15 is 0 Å². The number of anilines is 1. The average Bonchev–Trinajstić information content (AvgIpc) is 2.37. The van der Waals surface area contributed by atoms with Crippen molar-refractivity contribution in [3.8, 4) is 0 Å². The number of nitrogens with one attached hydrogen (secondary N) is 1. The predicted octanol–water partition coefficient (Wildman–Crippen LogP) is 1.94. The van der Waals surface area contributed by atoms with Crippen molar-refractivity contribution < 1.29 is 19.6 Å². The van der Waals surface area contributed by atoms with Crippen molar-refractivity contribution in [1.29, 1.82) is 0 Å². The highest BCUT2D eigenvalue weighted by atomic mass is 16.6. The van der Waals surface area contributed by atoms with Gasteiger partial charge >= 0.3 is 5.97 Å². The Morgan fingerprint density at radius 2 is 2.10 bits per heavy atom. The number of carbonyl (C=O) groups excluding carboxylic acids is 1. The molecule has 1 rings (SSSR count). The van der Waals surface area contributed by atoms with E-state index in [1.165, 1.54) is 18.2 Å². The number of hydrogen-bond acceptors (Lipinski definition) is 4. The first-order chi connectivity index (χ1) is 9.43. The monoisotopic (exact) mass is 280 g/mol. The van der Waals surface area contributed by atoms with Crippen molar-refractivity contribution in [1.82, 2.24) is 0 Å². The van der Waals surface area contributed by atoms with Gasteiger partial charge in [-0.1, -0.05) is 13.0 Å². The third-order valence-electron chi connectivity index (χ3n) is 2.67. The Bertz CT molecular complexity index is 527. The number of carbonyl (C=O) groups is 2. The van der Waals surface area contributed by atoms with E-state index in [1.54, 1.807) is 0 Å². The van der Waals surface area contributed by atoms with Gasteiger partial charge in [0.25, 0.3) is 0 Å². The van der Waals surface area contributed by atoms with Crippen molar-refractivity contribution >= 4 is 17.6 Å². The van der Waals surface area contributed by atoms with Crippen LogP contribution in [0.5, 0.6) is 0 Å². The number of carboxylic acids is 1. The van der Waals surface area contributed by atoms with Crippen LogP contribution in [0.15, 0.2) is 18.2 Å². The van der Waals surface area contributed by atoms with Crippen LogP contribution >= 0.6 is 0 Å². The van der Waals surface area contributed by atoms with Gasteiger partial charge in [-0.3, -0.25) is 14.9 Å². The molecule has 0 aromatic heterocycles. The number of benzene rings is 1. The number of carboxylic acid groups (broad SMARTS) is 1. The lowest BCUT2D eigenvalue weighted by Crippen LogP contribution is -2.14. The van der Waals surface area contributed by atoms with Gasteiger partial charge in [0.1, 0.15) is 0 Å². The van der Waals surface area contributed by atoms with Crippen LogP contribution in [0.1, 0.15) is 35.7 Å². The number of rotatable bonds is 7. The molecule has 0 spiro atoms. The largest absolute Gasteiger partial charge is 0.478 e. The molecule has 0 saturated carbocycles. The van der Waals surface area contributed by atoms with Crippen LogP contribution in [0, 0.1) is 10.1 Å². The zero-order valence-electron chi connectivity index (χ0n) is 11.1. The van der Waals surface area contributed by atoms with Crippen LogP contribution in [0.25, 0.3) is 0 Å². The molecular formula is C13H16N2O5. The van der Waals surface area contributed by atoms with E-state index in [1.807, 2.05) is 6.92 Å². The molecule has 2 N–H and O–H groups in total. The zero-order chi connectivity index (χ0) is 15.1. The molecule has 1 amide bonds. The predicted molar refractivity (Wildman–Crippen MR) is 72.5 cm³/mol. The highest BCUT2D eigenvalue weighted by molar-refractivity contribution is 5.94. The average molecular weight is 280 g/mol. The maximum Gasteiger partial charge on any atom is 0.335 e. The highest BCUT2D eigenvalue weighted by Crippen LogP contribution is 2.19. The molecule has 7 nitrogen and oxygen atoms in total. The number of nitrogens with zero attached hydrogens (tertiary/aromatic N) is 1. The Morgan fingerprint density at radius 3 is 2.65 bits per heavy atom. The second kappa shape index (κ2) is 7.22. The second-order valence-corrected chi connectivity index (χ2v) is 4.28. The fourth-order valence-electron chi connectivity index (χ4n) is 1.70. The van der Waals surface area contributed by atoms with Gasteiger partial charge in [0.2, 0.25) is 12.5 Å². The van der Waals surface area contributed by atoms with Crippen LogP contribution in [0.4, 0.5) is 5.69 Å². The highest BCUT2D eigenvalue weighted by Gasteiger charge is 2.12. The molecule has 0 unspecified atom stereocenters. The van der Waals surface area contributed by atoms with Crippen LogP contribution in [-0.2, 0) is 11.2 Å². The Morgan fingerprint density at radius 1 is 1.40 bits per heavy atom. The maximum atomic E-state index is 11.6. The second-order valence-electron chi connectivity index (χ2n) is 4.28. The number of amides is 1. The van der Waals surface area contributed by atoms with E-state index in [0.29, 0.717) is 24.1 Å². The molecular weight excluding hydrogens is 264 g/mol. The molecule has 0 bridgehead atoms. The minimum absolute atomic E-state index is 0.0293. The van der Waals surface area contributed by atoms with Crippen molar-refractivity contribution in [2.24, 2.45) is 0 Å². The molecule has 0 heterocycles. The minimum Gasteiger partial charge on any atom is -0.478 e. The lowest BCUT2D eigenvalue weighted by atomic mass is 10.1. The van der Waals surface area contributed by atoms with Gasteiger partial charge in [0.05, 0.1) is 5.56 Å². The fraction of sp³-hybridized carbons (Fsp3) is 0.385. The maximum absolute atomic E-state index is 11.6. The van der Waals surface area contributed by atoms with Crippen LogP contribution in [-0.4, -0.2) is 28.5 Å². The van der Waals surface area contributed by atoms with Gasteiger partial charge in [0.15, 0.2) is 0 Å². The van der Waals surface area contributed by atoms with Crippen molar-refractivity contribution in [3.63, 3.8) is 0 Å². The van der Waals surface area contributed by atoms with Crippen LogP contribution in [0.3, 0.4) is 0 Å². The first-order valence-electron chi connectivity index (χ1n) is 6.22. The summed E-state index contributed by atoms with van der Waals surface area (Å²) in [6.45, 7) is 1.57. The van der Waals surface area contributed by atoms with Crippen LogP contribution < -0.4 is 5.32 Å². The molecule has 1 aromatic rings. The quantitative estimate of drug-likeness (QED) is 0.586. The molecule has 1 aromatic carbocycles. The third-order valence-corrected chi connectivity index (χ3v) is 2.67. The van der Waals surface area contributed by atoms with E-state index in [0.717, 1.165) is 0 Å². The zero-order valence-corrected chi connectivity index (χ0v) is 11.1. The summed E-state index contributed by atoms with van der Waals surface area (Å²) in [5, 5.41) is 21.9. The summed E-state index contributed by atoms with van der Waals surface area (Å²) >= 11 is 0. The summed E-state index contributed by atoms with van der Waals surface area (Å²) in [7, 11) is 0. The van der Waals surface area contributed by atoms with Gasteiger partial charge < -0.3 is 10.4 Å². The standard InChI is InChI=1S/C13H16N2O5/c1-2-3-12(16)14-11-8-10(13(17)18)5-4-9(11)6-7-15(19)20/h4-5,8H,2-3,6-7H2,1H3,(H,14,16)(H,17,18). The summed E-state index contributed by atoms with van der Waals surface area (Å²) in [6, 6.07) is 4.19. The Balaban J connectivity index is 2.99. The minimum atomic E-state index is -1.11. The summed E-state index contributed by atoms with van der Waals surface area (Å²) in [4.78, 5) is 32.5. The van der Waals surface area contributed by atoms with Crippen molar-refractivity contribution in [2.75, 3.05) is 11.9 Å². The number of nitro groups is 1. The van der Waals surface area contributed by atoms with Gasteiger partial charge in [-0.05, 0) is 24.1 Å². The first-order valence-corrected chi connectivity index (χ1v) is 6.22. The molecule has 0 aliphatic carbocycles. The Labute approximate surface area is 115 Å². The van der Waals surface area contributed by atoms with Gasteiger partial charge in [-0.25, -0.2) is 4.79 Å². The SMILES string of the molecule is CCCC(=O)Nc1cc(C(=O)O)ccc1CC[N+](=O)[O-]. The summed E-state index contributed by atoms with van der Waals surface area (Å²) < 4.78 is 0. The third kappa shape index (κ3) is 4.68. The van der Waals surface area contributed by atoms with Crippen molar-refractivity contribution in [3.05, 3.63) is 39.4 Å². The summed E-state index contributed by atoms with van der Waals surface area (Å²) in [5.41, 5.74) is 0.906. The number of aromatic carboxylic acids is 1. The summed E-state index contributed by atoms with van der Waals surface area (Å²) in [5.74, 6) is -1.35. The molecule has 7 heteroatoms. The molecule has 0 aliphatic heterocycles. The van der Waals surface area contributed by atoms with E-state index in [9.17, 15) is 19.7 Å². The molecule has 20 heavy (non-hydrogen) atoms. The summed E-state index contributed by atoms with van der Waals surface area (Å²) in [6.07, 6.45) is 1.11.